The van der Waals surface area contributed by atoms with Gasteiger partial charge in [0, 0.05) is 37.9 Å². The molecule has 13 heteroatoms. The van der Waals surface area contributed by atoms with Crippen LogP contribution in [0.4, 0.5) is 18.9 Å². The third-order valence-electron chi connectivity index (χ3n) is 5.41. The molecule has 0 radical (unpaired) electrons. The molecular formula is C25H33F3N6O4. The predicted octanol–water partition coefficient (Wildman–Crippen LogP) is 1.10. The molecule has 0 unspecified atom stereocenters. The van der Waals surface area contributed by atoms with Crippen LogP contribution in [0, 0.1) is 0 Å². The molecule has 0 fully saturated rings. The number of nitrogens with two attached hydrogens (primary N) is 3. The van der Waals surface area contributed by atoms with Gasteiger partial charge in [0.1, 0.15) is 11.8 Å². The van der Waals surface area contributed by atoms with E-state index >= 15 is 0 Å². The van der Waals surface area contributed by atoms with Gasteiger partial charge in [-0.15, -0.1) is 13.2 Å². The summed E-state index contributed by atoms with van der Waals surface area (Å²) >= 11 is 0. The highest BCUT2D eigenvalue weighted by molar-refractivity contribution is 5.98. The molecule has 0 aromatic heterocycles. The Morgan fingerprint density at radius 3 is 2.21 bits per heavy atom. The van der Waals surface area contributed by atoms with Gasteiger partial charge in [-0.1, -0.05) is 36.4 Å². The van der Waals surface area contributed by atoms with Crippen molar-refractivity contribution in [3.8, 4) is 5.75 Å². The van der Waals surface area contributed by atoms with Crippen molar-refractivity contribution >= 4 is 23.4 Å². The third kappa shape index (κ3) is 10.7. The van der Waals surface area contributed by atoms with Gasteiger partial charge < -0.3 is 37.5 Å². The fraction of sp³-hybridized carbons (Fsp3) is 0.400. The number of alkyl halides is 3. The number of anilines is 1. The Morgan fingerprint density at radius 2 is 1.61 bits per heavy atom. The molecule has 0 bridgehead atoms. The Kier molecular flexibility index (Phi) is 12.0. The highest BCUT2D eigenvalue weighted by atomic mass is 19.4. The van der Waals surface area contributed by atoms with Crippen molar-refractivity contribution < 1.29 is 32.3 Å². The molecule has 2 aromatic carbocycles. The molecule has 0 saturated carbocycles. The van der Waals surface area contributed by atoms with Crippen molar-refractivity contribution in [3.63, 3.8) is 0 Å². The van der Waals surface area contributed by atoms with Crippen LogP contribution in [0.5, 0.6) is 5.75 Å². The van der Waals surface area contributed by atoms with Crippen LogP contribution in [0.3, 0.4) is 0 Å². The lowest BCUT2D eigenvalue weighted by Crippen LogP contribution is -2.52. The molecule has 8 N–H and O–H groups in total. The van der Waals surface area contributed by atoms with Gasteiger partial charge in [0.15, 0.2) is 0 Å². The first-order valence-electron chi connectivity index (χ1n) is 12.0. The van der Waals surface area contributed by atoms with Gasteiger partial charge in [-0.3, -0.25) is 14.4 Å². The SMILES string of the molecule is NCCN(CCN)C(=O)C[C@H](N)C(=O)N[C@@H](CCc1ccccc1)C(=O)Nc1cccc(OC(F)(F)F)c1. The summed E-state index contributed by atoms with van der Waals surface area (Å²) in [6, 6.07) is 11.6. The smallest absolute Gasteiger partial charge is 0.406 e. The van der Waals surface area contributed by atoms with E-state index in [1.54, 1.807) is 0 Å². The molecule has 0 aliphatic rings. The van der Waals surface area contributed by atoms with Crippen LogP contribution in [-0.2, 0) is 20.8 Å². The Balaban J connectivity index is 2.12. The first kappa shape index (κ1) is 30.5. The van der Waals surface area contributed by atoms with Crippen LogP contribution >= 0.6 is 0 Å². The number of amides is 3. The van der Waals surface area contributed by atoms with E-state index in [0.717, 1.165) is 17.7 Å². The van der Waals surface area contributed by atoms with Gasteiger partial charge in [0.05, 0.1) is 12.5 Å². The van der Waals surface area contributed by atoms with Gasteiger partial charge in [-0.2, -0.15) is 0 Å². The van der Waals surface area contributed by atoms with E-state index in [-0.39, 0.29) is 44.7 Å². The van der Waals surface area contributed by atoms with Crippen LogP contribution < -0.4 is 32.6 Å². The second-order valence-electron chi connectivity index (χ2n) is 8.42. The van der Waals surface area contributed by atoms with Crippen LogP contribution in [0.25, 0.3) is 0 Å². The number of aryl methyl sites for hydroxylation is 1. The average Bonchev–Trinajstić information content (AvgIpc) is 2.85. The highest BCUT2D eigenvalue weighted by Gasteiger charge is 2.31. The number of ether oxygens (including phenoxy) is 1. The summed E-state index contributed by atoms with van der Waals surface area (Å²) in [5, 5.41) is 5.06. The number of carbonyl (C=O) groups excluding carboxylic acids is 3. The van der Waals surface area contributed by atoms with Crippen molar-refractivity contribution in [1.29, 1.82) is 0 Å². The second kappa shape index (κ2) is 14.9. The maximum Gasteiger partial charge on any atom is 0.573 e. The summed E-state index contributed by atoms with van der Waals surface area (Å²) < 4.78 is 41.6. The number of benzene rings is 2. The molecule has 2 rings (SSSR count). The highest BCUT2D eigenvalue weighted by Crippen LogP contribution is 2.25. The van der Waals surface area contributed by atoms with Crippen molar-refractivity contribution in [2.24, 2.45) is 17.2 Å². The first-order valence-corrected chi connectivity index (χ1v) is 12.0. The summed E-state index contributed by atoms with van der Waals surface area (Å²) in [5.74, 6) is -2.33. The summed E-state index contributed by atoms with van der Waals surface area (Å²) in [6.07, 6.45) is -4.65. The van der Waals surface area contributed by atoms with Gasteiger partial charge in [-0.25, -0.2) is 0 Å². The zero-order valence-corrected chi connectivity index (χ0v) is 20.7. The first-order chi connectivity index (χ1) is 18.0. The van der Waals surface area contributed by atoms with E-state index in [1.165, 1.54) is 17.0 Å². The molecule has 208 valence electrons. The van der Waals surface area contributed by atoms with Crippen molar-refractivity contribution in [2.75, 3.05) is 31.5 Å². The van der Waals surface area contributed by atoms with E-state index < -0.39 is 41.9 Å². The number of rotatable bonds is 14. The Morgan fingerprint density at radius 1 is 0.947 bits per heavy atom. The maximum absolute atomic E-state index is 13.1. The number of carbonyl (C=O) groups is 3. The molecule has 0 aliphatic heterocycles. The molecular weight excluding hydrogens is 505 g/mol. The Bertz CT molecular complexity index is 1050. The zero-order valence-electron chi connectivity index (χ0n) is 20.7. The third-order valence-corrected chi connectivity index (χ3v) is 5.41. The van der Waals surface area contributed by atoms with Gasteiger partial charge in [0.2, 0.25) is 17.7 Å². The summed E-state index contributed by atoms with van der Waals surface area (Å²) in [5.41, 5.74) is 17.9. The minimum Gasteiger partial charge on any atom is -0.406 e. The van der Waals surface area contributed by atoms with Crippen molar-refractivity contribution in [1.82, 2.24) is 10.2 Å². The fourth-order valence-electron chi connectivity index (χ4n) is 3.59. The molecule has 3 amide bonds. The number of nitrogens with one attached hydrogen (secondary N) is 2. The van der Waals surface area contributed by atoms with Gasteiger partial charge in [-0.05, 0) is 30.5 Å². The lowest BCUT2D eigenvalue weighted by molar-refractivity contribution is -0.274. The molecule has 2 aromatic rings. The number of nitrogens with zero attached hydrogens (tertiary/aromatic N) is 1. The number of hydrogen-bond acceptors (Lipinski definition) is 7. The molecule has 2 atom stereocenters. The van der Waals surface area contributed by atoms with Crippen LogP contribution in [0.2, 0.25) is 0 Å². The molecule has 0 heterocycles. The summed E-state index contributed by atoms with van der Waals surface area (Å²) in [6.45, 7) is 0.932. The van der Waals surface area contributed by atoms with Crippen LogP contribution in [0.15, 0.2) is 54.6 Å². The average molecular weight is 539 g/mol. The van der Waals surface area contributed by atoms with E-state index in [9.17, 15) is 27.6 Å². The monoisotopic (exact) mass is 538 g/mol. The minimum absolute atomic E-state index is 0.0365. The molecule has 38 heavy (non-hydrogen) atoms. The zero-order chi connectivity index (χ0) is 28.1. The van der Waals surface area contributed by atoms with Crippen molar-refractivity contribution in [3.05, 3.63) is 60.2 Å². The van der Waals surface area contributed by atoms with E-state index in [1.807, 2.05) is 30.3 Å². The van der Waals surface area contributed by atoms with Gasteiger partial charge >= 0.3 is 6.36 Å². The Labute approximate surface area is 218 Å². The molecule has 0 aliphatic carbocycles. The molecule has 0 saturated heterocycles. The maximum atomic E-state index is 13.1. The lowest BCUT2D eigenvalue weighted by Gasteiger charge is -2.24. The molecule has 10 nitrogen and oxygen atoms in total. The largest absolute Gasteiger partial charge is 0.573 e. The topological polar surface area (TPSA) is 166 Å². The van der Waals surface area contributed by atoms with E-state index in [0.29, 0.717) is 6.42 Å². The second-order valence-corrected chi connectivity index (χ2v) is 8.42. The minimum atomic E-state index is -4.90. The van der Waals surface area contributed by atoms with E-state index in [2.05, 4.69) is 15.4 Å². The van der Waals surface area contributed by atoms with Gasteiger partial charge in [0.25, 0.3) is 0 Å². The molecule has 0 spiro atoms. The Hall–Kier alpha value is -3.68. The summed E-state index contributed by atoms with van der Waals surface area (Å²) in [7, 11) is 0. The normalized spacial score (nSPS) is 12.8. The fourth-order valence-corrected chi connectivity index (χ4v) is 3.59. The predicted molar refractivity (Wildman–Crippen MR) is 136 cm³/mol. The number of hydrogen-bond donors (Lipinski definition) is 5. The van der Waals surface area contributed by atoms with Crippen LogP contribution in [-0.4, -0.2) is 67.2 Å². The lowest BCUT2D eigenvalue weighted by atomic mass is 10.0. The summed E-state index contributed by atoms with van der Waals surface area (Å²) in [4.78, 5) is 39.8. The van der Waals surface area contributed by atoms with Crippen LogP contribution in [0.1, 0.15) is 18.4 Å². The van der Waals surface area contributed by atoms with Crippen molar-refractivity contribution in [2.45, 2.75) is 37.7 Å². The standard InChI is InChI=1S/C25H33F3N6O4/c26-25(27,28)38-19-8-4-7-18(15-19)32-24(37)21(10-9-17-5-2-1-3-6-17)33-23(36)20(31)16-22(35)34(13-11-29)14-12-30/h1-8,15,20-21H,9-14,16,29-31H2,(H,32,37)(H,33,36)/t20-,21-/m0/s1. The van der Waals surface area contributed by atoms with E-state index in [4.69, 9.17) is 17.2 Å². The quantitative estimate of drug-likeness (QED) is 0.240. The number of halogens is 3.